The quantitative estimate of drug-likeness (QED) is 0.418. The highest BCUT2D eigenvalue weighted by molar-refractivity contribution is 7.89. The fraction of sp³-hybridized carbons (Fsp3) is 0.423. The number of oxazole rings is 1. The van der Waals surface area contributed by atoms with E-state index >= 15 is 0 Å². The van der Waals surface area contributed by atoms with Gasteiger partial charge in [-0.3, -0.25) is 4.79 Å². The molecule has 0 unspecified atom stereocenters. The van der Waals surface area contributed by atoms with Crippen molar-refractivity contribution < 1.29 is 35.2 Å². The molecule has 0 bridgehead atoms. The van der Waals surface area contributed by atoms with E-state index in [-0.39, 0.29) is 36.2 Å². The van der Waals surface area contributed by atoms with E-state index in [9.17, 15) is 30.8 Å². The van der Waals surface area contributed by atoms with Crippen molar-refractivity contribution in [3.05, 3.63) is 59.9 Å². The highest BCUT2D eigenvalue weighted by Gasteiger charge is 2.42. The number of nitrogens with zero attached hydrogens (tertiary/aromatic N) is 5. The molecule has 2 aliphatic rings. The molecule has 2 saturated heterocycles. The molecule has 41 heavy (non-hydrogen) atoms. The smallest absolute Gasteiger partial charge is 0.417 e. The molecule has 0 aliphatic carbocycles. The third-order valence-corrected chi connectivity index (χ3v) is 8.89. The van der Waals surface area contributed by atoms with Crippen molar-refractivity contribution >= 4 is 33.5 Å². The van der Waals surface area contributed by atoms with Crippen molar-refractivity contribution in [2.75, 3.05) is 54.4 Å². The van der Waals surface area contributed by atoms with Gasteiger partial charge in [0.25, 0.3) is 11.9 Å². The standard InChI is InChI=1S/C26H28F4N6O4S/c27-19-7-2-3-8-20(19)41(38,39)36-14-6-13-34(15-16-36)21-10-9-18(17-31-21)32-24(37)22-23(26(28,29)30)33-25(40-22)35-11-4-1-5-12-35/h2-3,7-10,17H,1,4-6,11-16H2,(H,32,37). The van der Waals surface area contributed by atoms with Crippen LogP contribution in [0.2, 0.25) is 0 Å². The Balaban J connectivity index is 1.26. The highest BCUT2D eigenvalue weighted by Crippen LogP contribution is 2.35. The predicted molar refractivity (Wildman–Crippen MR) is 142 cm³/mol. The van der Waals surface area contributed by atoms with Crippen LogP contribution in [-0.4, -0.2) is 67.9 Å². The van der Waals surface area contributed by atoms with Crippen LogP contribution in [0.1, 0.15) is 41.9 Å². The van der Waals surface area contributed by atoms with Gasteiger partial charge in [-0.15, -0.1) is 0 Å². The van der Waals surface area contributed by atoms with E-state index in [1.54, 1.807) is 11.0 Å². The number of pyridine rings is 1. The van der Waals surface area contributed by atoms with Crippen LogP contribution >= 0.6 is 0 Å². The second-order valence-corrected chi connectivity index (χ2v) is 11.7. The molecular weight excluding hydrogens is 568 g/mol. The van der Waals surface area contributed by atoms with Crippen molar-refractivity contribution in [2.45, 2.75) is 36.8 Å². The number of carbonyl (C=O) groups is 1. The zero-order chi connectivity index (χ0) is 29.2. The van der Waals surface area contributed by atoms with Crippen LogP contribution in [0.25, 0.3) is 0 Å². The Hall–Kier alpha value is -3.72. The van der Waals surface area contributed by atoms with Gasteiger partial charge in [0.15, 0.2) is 5.69 Å². The van der Waals surface area contributed by atoms with Crippen LogP contribution in [0.4, 0.5) is 35.1 Å². The third-order valence-electron chi connectivity index (χ3n) is 6.96. The Kier molecular flexibility index (Phi) is 8.18. The number of halogens is 4. The summed E-state index contributed by atoms with van der Waals surface area (Å²) in [6.45, 7) is 2.02. The molecule has 15 heteroatoms. The first-order chi connectivity index (χ1) is 19.5. The first kappa shape index (κ1) is 28.8. The lowest BCUT2D eigenvalue weighted by Gasteiger charge is -2.24. The van der Waals surface area contributed by atoms with Gasteiger partial charge in [0.1, 0.15) is 16.5 Å². The highest BCUT2D eigenvalue weighted by atomic mass is 32.2. The minimum Gasteiger partial charge on any atom is -0.417 e. The van der Waals surface area contributed by atoms with Gasteiger partial charge in [-0.1, -0.05) is 12.1 Å². The van der Waals surface area contributed by atoms with Crippen LogP contribution in [0.3, 0.4) is 0 Å². The first-order valence-corrected chi connectivity index (χ1v) is 14.6. The van der Waals surface area contributed by atoms with E-state index in [0.717, 1.165) is 25.3 Å². The Morgan fingerprint density at radius 2 is 1.63 bits per heavy atom. The molecule has 1 amide bonds. The maximum atomic E-state index is 14.2. The van der Waals surface area contributed by atoms with E-state index in [2.05, 4.69) is 15.3 Å². The zero-order valence-corrected chi connectivity index (χ0v) is 22.7. The summed E-state index contributed by atoms with van der Waals surface area (Å²) in [5, 5.41) is 2.38. The van der Waals surface area contributed by atoms with Gasteiger partial charge in [0, 0.05) is 39.3 Å². The number of benzene rings is 1. The summed E-state index contributed by atoms with van der Waals surface area (Å²) in [6.07, 6.45) is -0.589. The van der Waals surface area contributed by atoms with Crippen LogP contribution in [-0.2, 0) is 16.2 Å². The minimum absolute atomic E-state index is 0.0991. The summed E-state index contributed by atoms with van der Waals surface area (Å²) in [4.78, 5) is 23.7. The van der Waals surface area contributed by atoms with Crippen molar-refractivity contribution in [1.82, 2.24) is 14.3 Å². The predicted octanol–water partition coefficient (Wildman–Crippen LogP) is 4.37. The van der Waals surface area contributed by atoms with Crippen molar-refractivity contribution in [2.24, 2.45) is 0 Å². The molecule has 220 valence electrons. The largest absolute Gasteiger partial charge is 0.437 e. The van der Waals surface area contributed by atoms with Crippen molar-refractivity contribution in [3.63, 3.8) is 0 Å². The number of carbonyl (C=O) groups excluding carboxylic acids is 1. The lowest BCUT2D eigenvalue weighted by Crippen LogP contribution is -2.35. The number of hydrogen-bond donors (Lipinski definition) is 1. The molecule has 0 radical (unpaired) electrons. The van der Waals surface area contributed by atoms with Crippen molar-refractivity contribution in [3.8, 4) is 0 Å². The van der Waals surface area contributed by atoms with Gasteiger partial charge in [0.2, 0.25) is 15.8 Å². The molecule has 0 spiro atoms. The average Bonchev–Trinajstić information content (AvgIpc) is 3.27. The maximum absolute atomic E-state index is 14.2. The number of sulfonamides is 1. The summed E-state index contributed by atoms with van der Waals surface area (Å²) >= 11 is 0. The van der Waals surface area contributed by atoms with Gasteiger partial charge >= 0.3 is 6.18 Å². The number of anilines is 3. The van der Waals surface area contributed by atoms with Crippen LogP contribution < -0.4 is 15.1 Å². The molecule has 2 aromatic heterocycles. The topological polar surface area (TPSA) is 112 Å². The number of aromatic nitrogens is 2. The monoisotopic (exact) mass is 596 g/mol. The second kappa shape index (κ2) is 11.6. The summed E-state index contributed by atoms with van der Waals surface area (Å²) in [7, 11) is -4.02. The molecule has 4 heterocycles. The maximum Gasteiger partial charge on any atom is 0.437 e. The number of rotatable bonds is 6. The Morgan fingerprint density at radius 3 is 2.32 bits per heavy atom. The zero-order valence-electron chi connectivity index (χ0n) is 21.9. The summed E-state index contributed by atoms with van der Waals surface area (Å²) in [5.74, 6) is -2.36. The minimum atomic E-state index is -4.88. The molecule has 1 N–H and O–H groups in total. The lowest BCUT2D eigenvalue weighted by atomic mass is 10.1. The van der Waals surface area contributed by atoms with Gasteiger partial charge in [-0.2, -0.15) is 22.5 Å². The normalized spacial score (nSPS) is 17.4. The second-order valence-electron chi connectivity index (χ2n) is 9.75. The Bertz CT molecular complexity index is 1490. The number of nitrogens with one attached hydrogen (secondary N) is 1. The van der Waals surface area contributed by atoms with Crippen LogP contribution in [0, 0.1) is 5.82 Å². The van der Waals surface area contributed by atoms with Crippen LogP contribution in [0.5, 0.6) is 0 Å². The van der Waals surface area contributed by atoms with Gasteiger partial charge < -0.3 is 19.5 Å². The Morgan fingerprint density at radius 1 is 0.902 bits per heavy atom. The molecular formula is C26H28F4N6O4S. The first-order valence-electron chi connectivity index (χ1n) is 13.1. The summed E-state index contributed by atoms with van der Waals surface area (Å²) < 4.78 is 87.6. The SMILES string of the molecule is O=C(Nc1ccc(N2CCCN(S(=O)(=O)c3ccccc3F)CC2)nc1)c1oc(N2CCCCC2)nc1C(F)(F)F. The van der Waals surface area contributed by atoms with Crippen molar-refractivity contribution in [1.29, 1.82) is 0 Å². The lowest BCUT2D eigenvalue weighted by molar-refractivity contribution is -0.141. The molecule has 2 fully saturated rings. The van der Waals surface area contributed by atoms with E-state index in [4.69, 9.17) is 4.42 Å². The van der Waals surface area contributed by atoms with E-state index < -0.39 is 39.4 Å². The number of piperidine rings is 1. The summed E-state index contributed by atoms with van der Waals surface area (Å²) in [5.41, 5.74) is -1.25. The molecule has 2 aliphatic heterocycles. The van der Waals surface area contributed by atoms with Gasteiger partial charge in [-0.05, 0) is 49.9 Å². The molecule has 1 aromatic carbocycles. The molecule has 10 nitrogen and oxygen atoms in total. The number of hydrogen-bond acceptors (Lipinski definition) is 8. The van der Waals surface area contributed by atoms with Gasteiger partial charge in [-0.25, -0.2) is 17.8 Å². The molecule has 0 atom stereocenters. The molecule has 0 saturated carbocycles. The van der Waals surface area contributed by atoms with E-state index in [1.165, 1.54) is 34.8 Å². The molecule has 5 rings (SSSR count). The Labute approximate surface area is 234 Å². The number of alkyl halides is 3. The third kappa shape index (κ3) is 6.30. The summed E-state index contributed by atoms with van der Waals surface area (Å²) in [6, 6.07) is 8.03. The number of amides is 1. The van der Waals surface area contributed by atoms with E-state index in [1.807, 2.05) is 4.90 Å². The van der Waals surface area contributed by atoms with Gasteiger partial charge in [0.05, 0.1) is 11.9 Å². The van der Waals surface area contributed by atoms with E-state index in [0.29, 0.717) is 31.9 Å². The van der Waals surface area contributed by atoms with Crippen LogP contribution in [0.15, 0.2) is 51.9 Å². The fourth-order valence-corrected chi connectivity index (χ4v) is 6.40. The molecule has 3 aromatic rings. The average molecular weight is 597 g/mol. The fourth-order valence-electron chi connectivity index (χ4n) is 4.87.